The molecule has 0 atom stereocenters. The van der Waals surface area contributed by atoms with Crippen LogP contribution in [0.5, 0.6) is 5.75 Å². The molecule has 1 aromatic rings. The molecule has 100 valence electrons. The fraction of sp³-hybridized carbons (Fsp3) is 0.286. The molecule has 2 rings (SSSR count). The molecule has 0 radical (unpaired) electrons. The number of hydrogen-bond donors (Lipinski definition) is 1. The van der Waals surface area contributed by atoms with Gasteiger partial charge in [-0.3, -0.25) is 14.9 Å². The summed E-state index contributed by atoms with van der Waals surface area (Å²) in [5, 5.41) is 2.26. The van der Waals surface area contributed by atoms with Gasteiger partial charge in [-0.2, -0.15) is 0 Å². The summed E-state index contributed by atoms with van der Waals surface area (Å²) in [6.07, 6.45) is 1.33. The summed E-state index contributed by atoms with van der Waals surface area (Å²) >= 11 is 0. The van der Waals surface area contributed by atoms with Gasteiger partial charge >= 0.3 is 0 Å². The van der Waals surface area contributed by atoms with Crippen LogP contribution in [-0.4, -0.2) is 25.0 Å². The molecule has 1 aromatic carbocycles. The Bertz CT molecular complexity index is 561. The van der Waals surface area contributed by atoms with Crippen molar-refractivity contribution in [3.63, 3.8) is 0 Å². The molecule has 1 aliphatic rings. The molecular weight excluding hydrogens is 246 g/mol. The third-order valence-electron chi connectivity index (χ3n) is 2.61. The summed E-state index contributed by atoms with van der Waals surface area (Å²) in [4.78, 5) is 23.5. The Labute approximate surface area is 111 Å². The van der Waals surface area contributed by atoms with Gasteiger partial charge in [0.15, 0.2) is 0 Å². The number of amides is 2. The SMILES string of the molecule is CO/C=C1\C(=O)NC(=O)c2ccc(OC(C)C)cc21. The van der Waals surface area contributed by atoms with E-state index in [2.05, 4.69) is 5.32 Å². The van der Waals surface area contributed by atoms with Gasteiger partial charge in [0.1, 0.15) is 5.75 Å². The Morgan fingerprint density at radius 2 is 1.89 bits per heavy atom. The summed E-state index contributed by atoms with van der Waals surface area (Å²) in [7, 11) is 1.45. The summed E-state index contributed by atoms with van der Waals surface area (Å²) in [5.74, 6) is -0.274. The fourth-order valence-corrected chi connectivity index (χ4v) is 1.88. The van der Waals surface area contributed by atoms with E-state index in [0.29, 0.717) is 22.4 Å². The molecule has 5 nitrogen and oxygen atoms in total. The standard InChI is InChI=1S/C14H15NO4/c1-8(2)19-9-4-5-10-11(6-9)12(7-18-3)14(17)15-13(10)16/h4-8H,1-3H3,(H,15,16,17)/b12-7-. The molecule has 0 saturated heterocycles. The summed E-state index contributed by atoms with van der Waals surface area (Å²) in [6, 6.07) is 5.02. The minimum absolute atomic E-state index is 0.0148. The fourth-order valence-electron chi connectivity index (χ4n) is 1.88. The van der Waals surface area contributed by atoms with Gasteiger partial charge in [-0.15, -0.1) is 0 Å². The molecule has 5 heteroatoms. The predicted molar refractivity (Wildman–Crippen MR) is 69.7 cm³/mol. The van der Waals surface area contributed by atoms with Crippen LogP contribution in [0.2, 0.25) is 0 Å². The van der Waals surface area contributed by atoms with Gasteiger partial charge in [0.25, 0.3) is 11.8 Å². The summed E-state index contributed by atoms with van der Waals surface area (Å²) in [5.41, 5.74) is 1.26. The average molecular weight is 261 g/mol. The second-order valence-corrected chi connectivity index (χ2v) is 4.42. The maximum Gasteiger partial charge on any atom is 0.261 e. The van der Waals surface area contributed by atoms with E-state index in [9.17, 15) is 9.59 Å². The van der Waals surface area contributed by atoms with E-state index in [1.807, 2.05) is 13.8 Å². The van der Waals surface area contributed by atoms with Crippen LogP contribution in [0.3, 0.4) is 0 Å². The maximum absolute atomic E-state index is 11.8. The van der Waals surface area contributed by atoms with E-state index >= 15 is 0 Å². The van der Waals surface area contributed by atoms with Crippen molar-refractivity contribution in [3.8, 4) is 5.75 Å². The lowest BCUT2D eigenvalue weighted by atomic mass is 9.95. The molecule has 0 aliphatic carbocycles. The molecule has 0 unspecified atom stereocenters. The highest BCUT2D eigenvalue weighted by Gasteiger charge is 2.28. The van der Waals surface area contributed by atoms with Crippen LogP contribution in [0.25, 0.3) is 5.57 Å². The maximum atomic E-state index is 11.8. The van der Waals surface area contributed by atoms with Crippen molar-refractivity contribution in [1.82, 2.24) is 5.32 Å². The number of carbonyl (C=O) groups excluding carboxylic acids is 2. The first kappa shape index (κ1) is 13.1. The summed E-state index contributed by atoms with van der Waals surface area (Å²) < 4.78 is 10.5. The number of hydrogen-bond acceptors (Lipinski definition) is 4. The van der Waals surface area contributed by atoms with Crippen LogP contribution in [-0.2, 0) is 9.53 Å². The Kier molecular flexibility index (Phi) is 3.55. The molecule has 1 aliphatic heterocycles. The molecule has 2 amide bonds. The lowest BCUT2D eigenvalue weighted by molar-refractivity contribution is -0.114. The average Bonchev–Trinajstić information content (AvgIpc) is 2.33. The van der Waals surface area contributed by atoms with Gasteiger partial charge in [-0.25, -0.2) is 0 Å². The second-order valence-electron chi connectivity index (χ2n) is 4.42. The first-order valence-corrected chi connectivity index (χ1v) is 5.92. The first-order valence-electron chi connectivity index (χ1n) is 5.92. The molecule has 1 heterocycles. The second kappa shape index (κ2) is 5.14. The minimum Gasteiger partial charge on any atom is -0.504 e. The smallest absolute Gasteiger partial charge is 0.261 e. The highest BCUT2D eigenvalue weighted by Crippen LogP contribution is 2.28. The van der Waals surface area contributed by atoms with Crippen LogP contribution >= 0.6 is 0 Å². The Balaban J connectivity index is 2.51. The van der Waals surface area contributed by atoms with Crippen molar-refractivity contribution >= 4 is 17.4 Å². The van der Waals surface area contributed by atoms with E-state index < -0.39 is 11.8 Å². The third-order valence-corrected chi connectivity index (χ3v) is 2.61. The lowest BCUT2D eigenvalue weighted by Crippen LogP contribution is -2.36. The number of benzene rings is 1. The van der Waals surface area contributed by atoms with Crippen LogP contribution in [0.15, 0.2) is 24.5 Å². The molecule has 19 heavy (non-hydrogen) atoms. The van der Waals surface area contributed by atoms with Crippen molar-refractivity contribution in [2.75, 3.05) is 7.11 Å². The number of imide groups is 1. The quantitative estimate of drug-likeness (QED) is 0.511. The number of carbonyl (C=O) groups is 2. The van der Waals surface area contributed by atoms with Crippen molar-refractivity contribution in [1.29, 1.82) is 0 Å². The van der Waals surface area contributed by atoms with Crippen LogP contribution in [0.1, 0.15) is 29.8 Å². The van der Waals surface area contributed by atoms with Crippen molar-refractivity contribution in [3.05, 3.63) is 35.6 Å². The number of fused-ring (bicyclic) bond motifs is 1. The number of nitrogens with one attached hydrogen (secondary N) is 1. The van der Waals surface area contributed by atoms with Crippen molar-refractivity contribution < 1.29 is 19.1 Å². The zero-order valence-corrected chi connectivity index (χ0v) is 11.0. The van der Waals surface area contributed by atoms with Crippen LogP contribution < -0.4 is 10.1 Å². The lowest BCUT2D eigenvalue weighted by Gasteiger charge is -2.19. The molecule has 0 bridgehead atoms. The van der Waals surface area contributed by atoms with E-state index in [4.69, 9.17) is 9.47 Å². The highest BCUT2D eigenvalue weighted by atomic mass is 16.5. The van der Waals surface area contributed by atoms with Gasteiger partial charge in [-0.05, 0) is 32.0 Å². The normalized spacial score (nSPS) is 16.3. The number of methoxy groups -OCH3 is 1. The minimum atomic E-state index is -0.471. The monoisotopic (exact) mass is 261 g/mol. The van der Waals surface area contributed by atoms with Crippen LogP contribution in [0.4, 0.5) is 0 Å². The zero-order chi connectivity index (χ0) is 14.0. The van der Waals surface area contributed by atoms with Crippen molar-refractivity contribution in [2.45, 2.75) is 20.0 Å². The molecule has 0 spiro atoms. The number of ether oxygens (including phenoxy) is 2. The molecule has 0 aromatic heterocycles. The molecule has 0 fully saturated rings. The predicted octanol–water partition coefficient (Wildman–Crippen LogP) is 1.73. The van der Waals surface area contributed by atoms with E-state index in [0.717, 1.165) is 0 Å². The van der Waals surface area contributed by atoms with E-state index in [1.54, 1.807) is 18.2 Å². The van der Waals surface area contributed by atoms with Gasteiger partial charge in [-0.1, -0.05) is 0 Å². The van der Waals surface area contributed by atoms with Crippen molar-refractivity contribution in [2.24, 2.45) is 0 Å². The Hall–Kier alpha value is -2.30. The van der Waals surface area contributed by atoms with Gasteiger partial charge in [0.2, 0.25) is 0 Å². The van der Waals surface area contributed by atoms with Gasteiger partial charge < -0.3 is 9.47 Å². The van der Waals surface area contributed by atoms with Gasteiger partial charge in [0, 0.05) is 11.1 Å². The largest absolute Gasteiger partial charge is 0.504 e. The van der Waals surface area contributed by atoms with E-state index in [1.165, 1.54) is 13.4 Å². The van der Waals surface area contributed by atoms with Gasteiger partial charge in [0.05, 0.1) is 25.0 Å². The number of rotatable bonds is 3. The first-order chi connectivity index (χ1) is 9.02. The zero-order valence-electron chi connectivity index (χ0n) is 11.0. The molecule has 1 N–H and O–H groups in total. The highest BCUT2D eigenvalue weighted by molar-refractivity contribution is 6.30. The third kappa shape index (κ3) is 2.59. The van der Waals surface area contributed by atoms with Crippen LogP contribution in [0, 0.1) is 0 Å². The van der Waals surface area contributed by atoms with E-state index in [-0.39, 0.29) is 6.10 Å². The Morgan fingerprint density at radius 3 is 2.53 bits per heavy atom. The molecule has 0 saturated carbocycles. The Morgan fingerprint density at radius 1 is 1.16 bits per heavy atom. The summed E-state index contributed by atoms with van der Waals surface area (Å²) in [6.45, 7) is 3.81. The molecular formula is C14H15NO4. The topological polar surface area (TPSA) is 64.6 Å².